The second-order valence-electron chi connectivity index (χ2n) is 13.0. The van der Waals surface area contributed by atoms with Gasteiger partial charge in [0, 0.05) is 82.7 Å². The van der Waals surface area contributed by atoms with E-state index in [0.717, 1.165) is 49.6 Å². The third-order valence-electron chi connectivity index (χ3n) is 9.45. The van der Waals surface area contributed by atoms with Crippen LogP contribution in [0.4, 0.5) is 60.9 Å². The summed E-state index contributed by atoms with van der Waals surface area (Å²) in [5, 5.41) is 5.14. The second kappa shape index (κ2) is 15.1. The molecule has 2 aromatic heterocycles. The van der Waals surface area contributed by atoms with Gasteiger partial charge in [-0.3, -0.25) is 19.2 Å². The summed E-state index contributed by atoms with van der Waals surface area (Å²) < 4.78 is 115. The second-order valence-corrected chi connectivity index (χ2v) is 15.1. The summed E-state index contributed by atoms with van der Waals surface area (Å²) in [6.07, 6.45) is -3.04. The third-order valence-corrected chi connectivity index (χ3v) is 10.6. The topological polar surface area (TPSA) is 132 Å². The number of nitrogens with zero attached hydrogens (tertiary/aromatic N) is 8. The molecular weight excluding hydrogens is 742 g/mol. The van der Waals surface area contributed by atoms with Crippen LogP contribution < -0.4 is 24.6 Å². The SMILES string of the molecule is C=Cc1cc(Nc2ncc(C(F)(F)F)c(Nc3ccc4nccnc4c3N(C)S(C)(=O)=O)n2)c(OC(F)(F)F)cc1N1CCC(N2CCN(C)CC2)CC1. The number of aromatic nitrogens is 4. The minimum absolute atomic E-state index is 0.0610. The summed E-state index contributed by atoms with van der Waals surface area (Å²) >= 11 is 0. The number of piperidine rings is 1. The minimum Gasteiger partial charge on any atom is -0.403 e. The van der Waals surface area contributed by atoms with E-state index in [1.54, 1.807) is 0 Å². The van der Waals surface area contributed by atoms with Gasteiger partial charge < -0.3 is 25.2 Å². The number of hydrogen-bond donors (Lipinski definition) is 2. The lowest BCUT2D eigenvalue weighted by Gasteiger charge is -2.43. The molecule has 2 fully saturated rings. The van der Waals surface area contributed by atoms with Gasteiger partial charge in [0.25, 0.3) is 0 Å². The number of ether oxygens (including phenoxy) is 1. The molecule has 6 rings (SSSR count). The van der Waals surface area contributed by atoms with Gasteiger partial charge in [-0.2, -0.15) is 18.2 Å². The molecule has 4 heterocycles. The van der Waals surface area contributed by atoms with E-state index in [0.29, 0.717) is 36.6 Å². The lowest BCUT2D eigenvalue weighted by Crippen LogP contribution is -2.52. The molecule has 2 N–H and O–H groups in total. The third kappa shape index (κ3) is 8.71. The molecular formula is C34H38F6N10O3S. The summed E-state index contributed by atoms with van der Waals surface area (Å²) in [6, 6.07) is 5.63. The highest BCUT2D eigenvalue weighted by Gasteiger charge is 2.37. The maximum absolute atomic E-state index is 14.3. The molecule has 0 amide bonds. The summed E-state index contributed by atoms with van der Waals surface area (Å²) in [7, 11) is -0.687. The normalized spacial score (nSPS) is 16.7. The lowest BCUT2D eigenvalue weighted by atomic mass is 10.00. The number of piperazine rings is 1. The Kier molecular flexibility index (Phi) is 10.8. The van der Waals surface area contributed by atoms with E-state index < -0.39 is 45.6 Å². The van der Waals surface area contributed by atoms with Gasteiger partial charge in [-0.1, -0.05) is 12.7 Å². The fourth-order valence-electron chi connectivity index (χ4n) is 6.59. The molecule has 0 bridgehead atoms. The van der Waals surface area contributed by atoms with Crippen LogP contribution in [0.25, 0.3) is 17.1 Å². The summed E-state index contributed by atoms with van der Waals surface area (Å²) in [5.41, 5.74) is -0.675. The first-order chi connectivity index (χ1) is 25.4. The number of fused-ring (bicyclic) bond motifs is 1. The zero-order valence-corrected chi connectivity index (χ0v) is 30.4. The van der Waals surface area contributed by atoms with Crippen LogP contribution >= 0.6 is 0 Å². The number of nitrogens with one attached hydrogen (secondary N) is 2. The Labute approximate surface area is 307 Å². The first-order valence-corrected chi connectivity index (χ1v) is 18.7. The maximum atomic E-state index is 14.3. The Morgan fingerprint density at radius 3 is 2.26 bits per heavy atom. The number of likely N-dealkylation sites (N-methyl/N-ethyl adjacent to an activating group) is 1. The predicted molar refractivity (Wildman–Crippen MR) is 194 cm³/mol. The van der Waals surface area contributed by atoms with Crippen molar-refractivity contribution in [1.29, 1.82) is 0 Å². The van der Waals surface area contributed by atoms with Crippen molar-refractivity contribution in [2.24, 2.45) is 0 Å². The van der Waals surface area contributed by atoms with Crippen molar-refractivity contribution < 1.29 is 39.5 Å². The Hall–Kier alpha value is -4.95. The van der Waals surface area contributed by atoms with Crippen LogP contribution in [0.1, 0.15) is 24.0 Å². The van der Waals surface area contributed by atoms with E-state index in [1.165, 1.54) is 49.8 Å². The van der Waals surface area contributed by atoms with E-state index >= 15 is 0 Å². The Morgan fingerprint density at radius 1 is 0.944 bits per heavy atom. The molecule has 0 spiro atoms. The van der Waals surface area contributed by atoms with E-state index in [4.69, 9.17) is 0 Å². The number of hydrogen-bond acceptors (Lipinski definition) is 12. The van der Waals surface area contributed by atoms with Crippen LogP contribution in [0.5, 0.6) is 5.75 Å². The van der Waals surface area contributed by atoms with Gasteiger partial charge >= 0.3 is 12.5 Å². The molecule has 20 heteroatoms. The number of rotatable bonds is 10. The van der Waals surface area contributed by atoms with Crippen molar-refractivity contribution in [3.63, 3.8) is 0 Å². The van der Waals surface area contributed by atoms with Gasteiger partial charge in [0.2, 0.25) is 16.0 Å². The molecule has 13 nitrogen and oxygen atoms in total. The zero-order chi connectivity index (χ0) is 39.0. The van der Waals surface area contributed by atoms with Gasteiger partial charge in [0.15, 0.2) is 5.75 Å². The number of sulfonamides is 1. The van der Waals surface area contributed by atoms with Crippen molar-refractivity contribution in [3.8, 4) is 5.75 Å². The number of anilines is 6. The molecule has 54 heavy (non-hydrogen) atoms. The lowest BCUT2D eigenvalue weighted by molar-refractivity contribution is -0.274. The maximum Gasteiger partial charge on any atom is 0.573 e. The largest absolute Gasteiger partial charge is 0.573 e. The van der Waals surface area contributed by atoms with Crippen molar-refractivity contribution in [3.05, 3.63) is 60.6 Å². The van der Waals surface area contributed by atoms with Crippen molar-refractivity contribution in [1.82, 2.24) is 29.7 Å². The molecule has 2 aliphatic heterocycles. The van der Waals surface area contributed by atoms with Crippen LogP contribution in [-0.2, 0) is 16.2 Å². The predicted octanol–water partition coefficient (Wildman–Crippen LogP) is 6.08. The number of benzene rings is 2. The van der Waals surface area contributed by atoms with Crippen LogP contribution in [-0.4, -0.2) is 110 Å². The highest BCUT2D eigenvalue weighted by molar-refractivity contribution is 7.92. The first-order valence-electron chi connectivity index (χ1n) is 16.8. The Morgan fingerprint density at radius 2 is 1.63 bits per heavy atom. The van der Waals surface area contributed by atoms with Crippen LogP contribution in [0, 0.1) is 0 Å². The molecule has 0 saturated carbocycles. The molecule has 0 aliphatic carbocycles. The average Bonchev–Trinajstić information content (AvgIpc) is 3.11. The van der Waals surface area contributed by atoms with Gasteiger partial charge in [0.1, 0.15) is 22.6 Å². The quantitative estimate of drug-likeness (QED) is 0.181. The molecule has 2 aromatic carbocycles. The smallest absolute Gasteiger partial charge is 0.403 e. The van der Waals surface area contributed by atoms with Crippen molar-refractivity contribution >= 4 is 61.6 Å². The summed E-state index contributed by atoms with van der Waals surface area (Å²) in [5.74, 6) is -2.01. The monoisotopic (exact) mass is 780 g/mol. The Balaban J connectivity index is 1.35. The van der Waals surface area contributed by atoms with Crippen molar-refractivity contribution in [2.75, 3.05) is 79.5 Å². The molecule has 0 radical (unpaired) electrons. The summed E-state index contributed by atoms with van der Waals surface area (Å²) in [4.78, 5) is 22.8. The molecule has 0 atom stereocenters. The summed E-state index contributed by atoms with van der Waals surface area (Å²) in [6.45, 7) is 8.81. The van der Waals surface area contributed by atoms with Crippen LogP contribution in [0.15, 0.2) is 49.4 Å². The van der Waals surface area contributed by atoms with E-state index in [2.05, 4.69) is 58.7 Å². The molecule has 290 valence electrons. The first kappa shape index (κ1) is 38.8. The van der Waals surface area contributed by atoms with Gasteiger partial charge in [0.05, 0.1) is 23.1 Å². The average molecular weight is 781 g/mol. The van der Waals surface area contributed by atoms with Crippen LogP contribution in [0.3, 0.4) is 0 Å². The molecule has 2 saturated heterocycles. The highest BCUT2D eigenvalue weighted by Crippen LogP contribution is 2.42. The van der Waals surface area contributed by atoms with E-state index in [9.17, 15) is 34.8 Å². The number of alkyl halides is 6. The minimum atomic E-state index is -5.12. The fourth-order valence-corrected chi connectivity index (χ4v) is 7.11. The van der Waals surface area contributed by atoms with E-state index in [-0.39, 0.29) is 28.1 Å². The molecule has 4 aromatic rings. The zero-order valence-electron chi connectivity index (χ0n) is 29.5. The Bertz CT molecular complexity index is 2120. The fraction of sp³-hybridized carbons (Fsp3) is 0.412. The van der Waals surface area contributed by atoms with Crippen LogP contribution in [0.2, 0.25) is 0 Å². The molecule has 2 aliphatic rings. The molecule has 0 unspecified atom stereocenters. The van der Waals surface area contributed by atoms with Gasteiger partial charge in [-0.25, -0.2) is 13.4 Å². The van der Waals surface area contributed by atoms with Gasteiger partial charge in [-0.05, 0) is 43.7 Å². The highest BCUT2D eigenvalue weighted by atomic mass is 32.2. The van der Waals surface area contributed by atoms with E-state index in [1.807, 2.05) is 4.90 Å². The van der Waals surface area contributed by atoms with Gasteiger partial charge in [-0.15, -0.1) is 13.2 Å². The number of halogens is 6. The van der Waals surface area contributed by atoms with Crippen molar-refractivity contribution in [2.45, 2.75) is 31.4 Å². The standard InChI is InChI=1S/C34H38F6N10O3S/c1-5-21-18-26(28(53-34(38,39)40)19-27(21)50-12-8-22(9-13-50)49-16-14-47(2)15-17-49)45-32-43-20-23(33(35,36)37)31(46-32)44-25-7-6-24-29(42-11-10-41-24)30(25)48(3)54(4,51)52/h5-7,10-11,18-20,22H,1,8-9,12-17H2,2-4H3,(H2,43,44,45,46).